The Balaban J connectivity index is 2.82. The molecule has 0 aliphatic rings. The molecule has 2 nitrogen and oxygen atoms in total. The molecule has 0 N–H and O–H groups in total. The van der Waals surface area contributed by atoms with Gasteiger partial charge in [-0.1, -0.05) is 12.1 Å². The SMILES string of the molecule is CC(C)Oc1ccccc1OI. The van der Waals surface area contributed by atoms with Crippen molar-refractivity contribution in [1.82, 2.24) is 0 Å². The number of ether oxygens (including phenoxy) is 1. The Morgan fingerprint density at radius 2 is 1.75 bits per heavy atom. The predicted molar refractivity (Wildman–Crippen MR) is 56.9 cm³/mol. The summed E-state index contributed by atoms with van der Waals surface area (Å²) in [7, 11) is 0. The fourth-order valence-electron chi connectivity index (χ4n) is 0.865. The van der Waals surface area contributed by atoms with Crippen LogP contribution in [0.5, 0.6) is 11.5 Å². The second-order valence-electron chi connectivity index (χ2n) is 2.69. The maximum Gasteiger partial charge on any atom is 0.192 e. The first kappa shape index (κ1) is 9.64. The average molecular weight is 278 g/mol. The first-order valence-corrected chi connectivity index (χ1v) is 4.66. The summed E-state index contributed by atoms with van der Waals surface area (Å²) in [4.78, 5) is 0. The Hall–Kier alpha value is -0.450. The van der Waals surface area contributed by atoms with E-state index in [0.29, 0.717) is 0 Å². The van der Waals surface area contributed by atoms with Crippen LogP contribution in [0, 0.1) is 0 Å². The second-order valence-corrected chi connectivity index (χ2v) is 3.13. The van der Waals surface area contributed by atoms with Gasteiger partial charge in [0.15, 0.2) is 34.5 Å². The largest absolute Gasteiger partial charge is 0.487 e. The summed E-state index contributed by atoms with van der Waals surface area (Å²) in [6.07, 6.45) is 0.178. The van der Waals surface area contributed by atoms with E-state index >= 15 is 0 Å². The van der Waals surface area contributed by atoms with Crippen molar-refractivity contribution in [2.75, 3.05) is 0 Å². The molecule has 66 valence electrons. The van der Waals surface area contributed by atoms with Gasteiger partial charge in [0.25, 0.3) is 0 Å². The van der Waals surface area contributed by atoms with Crippen molar-refractivity contribution in [1.29, 1.82) is 0 Å². The molecule has 0 heterocycles. The molecule has 0 atom stereocenters. The topological polar surface area (TPSA) is 18.5 Å². The zero-order valence-corrected chi connectivity index (χ0v) is 9.24. The molecule has 0 spiro atoms. The van der Waals surface area contributed by atoms with Crippen LogP contribution in [0.3, 0.4) is 0 Å². The average Bonchev–Trinajstić information content (AvgIpc) is 2.04. The molecule has 0 amide bonds. The molecular weight excluding hydrogens is 267 g/mol. The van der Waals surface area contributed by atoms with E-state index in [-0.39, 0.29) is 6.10 Å². The van der Waals surface area contributed by atoms with Gasteiger partial charge in [-0.3, -0.25) is 0 Å². The van der Waals surface area contributed by atoms with Gasteiger partial charge in [-0.15, -0.1) is 0 Å². The third-order valence-corrected chi connectivity index (χ3v) is 1.77. The van der Waals surface area contributed by atoms with Crippen LogP contribution in [0.1, 0.15) is 13.8 Å². The molecule has 0 bridgehead atoms. The third kappa shape index (κ3) is 2.55. The van der Waals surface area contributed by atoms with Crippen molar-refractivity contribution in [3.05, 3.63) is 24.3 Å². The Morgan fingerprint density at radius 3 is 2.25 bits per heavy atom. The van der Waals surface area contributed by atoms with E-state index in [1.54, 1.807) is 0 Å². The third-order valence-electron chi connectivity index (χ3n) is 1.29. The van der Waals surface area contributed by atoms with Crippen molar-refractivity contribution in [3.8, 4) is 11.5 Å². The molecule has 1 rings (SSSR count). The zero-order valence-electron chi connectivity index (χ0n) is 7.08. The van der Waals surface area contributed by atoms with E-state index in [1.807, 2.05) is 61.1 Å². The van der Waals surface area contributed by atoms with Gasteiger partial charge >= 0.3 is 0 Å². The van der Waals surface area contributed by atoms with Gasteiger partial charge in [-0.2, -0.15) is 0 Å². The van der Waals surface area contributed by atoms with Gasteiger partial charge in [0, 0.05) is 0 Å². The lowest BCUT2D eigenvalue weighted by Gasteiger charge is -2.11. The Bertz CT molecular complexity index is 248. The van der Waals surface area contributed by atoms with E-state index in [1.165, 1.54) is 0 Å². The van der Waals surface area contributed by atoms with Crippen LogP contribution in [0.25, 0.3) is 0 Å². The molecule has 0 radical (unpaired) electrons. The summed E-state index contributed by atoms with van der Waals surface area (Å²) in [6, 6.07) is 7.62. The molecule has 0 aliphatic carbocycles. The van der Waals surface area contributed by atoms with Crippen molar-refractivity contribution < 1.29 is 7.80 Å². The summed E-state index contributed by atoms with van der Waals surface area (Å²) in [5.74, 6) is 1.56. The standard InChI is InChI=1S/C9H11IO2/c1-7(2)11-8-5-3-4-6-9(8)12-10/h3-7H,1-2H3. The van der Waals surface area contributed by atoms with Gasteiger partial charge in [0.2, 0.25) is 0 Å². The Morgan fingerprint density at radius 1 is 1.17 bits per heavy atom. The second kappa shape index (κ2) is 4.54. The van der Waals surface area contributed by atoms with Gasteiger partial charge < -0.3 is 7.80 Å². The summed E-state index contributed by atoms with van der Waals surface area (Å²) in [5, 5.41) is 0. The van der Waals surface area contributed by atoms with Crippen LogP contribution in [0.4, 0.5) is 0 Å². The van der Waals surface area contributed by atoms with Crippen LogP contribution in [0.15, 0.2) is 24.3 Å². The van der Waals surface area contributed by atoms with E-state index in [9.17, 15) is 0 Å². The summed E-state index contributed by atoms with van der Waals surface area (Å²) in [5.41, 5.74) is 0. The molecule has 0 unspecified atom stereocenters. The minimum atomic E-state index is 0.178. The molecule has 0 fully saturated rings. The van der Waals surface area contributed by atoms with Crippen LogP contribution in [-0.2, 0) is 0 Å². The van der Waals surface area contributed by atoms with Crippen molar-refractivity contribution >= 4 is 23.0 Å². The number of para-hydroxylation sites is 2. The lowest BCUT2D eigenvalue weighted by atomic mass is 10.3. The lowest BCUT2D eigenvalue weighted by molar-refractivity contribution is 0.238. The number of halogens is 1. The van der Waals surface area contributed by atoms with Crippen molar-refractivity contribution in [2.45, 2.75) is 20.0 Å². The van der Waals surface area contributed by atoms with Crippen LogP contribution >= 0.6 is 23.0 Å². The molecule has 0 saturated carbocycles. The highest BCUT2D eigenvalue weighted by Crippen LogP contribution is 2.28. The zero-order chi connectivity index (χ0) is 8.97. The van der Waals surface area contributed by atoms with Gasteiger partial charge in [-0.05, 0) is 26.0 Å². The quantitative estimate of drug-likeness (QED) is 0.790. The molecule has 12 heavy (non-hydrogen) atoms. The van der Waals surface area contributed by atoms with Gasteiger partial charge in [0.05, 0.1) is 6.10 Å². The van der Waals surface area contributed by atoms with Gasteiger partial charge in [0.1, 0.15) is 0 Å². The fourth-order valence-corrected chi connectivity index (χ4v) is 1.23. The first-order chi connectivity index (χ1) is 5.74. The highest BCUT2D eigenvalue weighted by atomic mass is 127. The van der Waals surface area contributed by atoms with E-state index in [4.69, 9.17) is 7.80 Å². The monoisotopic (exact) mass is 278 g/mol. The Labute approximate surface area is 86.6 Å². The highest BCUT2D eigenvalue weighted by molar-refractivity contribution is 14.1. The molecule has 0 aliphatic heterocycles. The molecule has 0 aromatic heterocycles. The molecule has 0 saturated heterocycles. The minimum Gasteiger partial charge on any atom is -0.487 e. The number of rotatable bonds is 3. The van der Waals surface area contributed by atoms with Gasteiger partial charge in [-0.25, -0.2) is 0 Å². The highest BCUT2D eigenvalue weighted by Gasteiger charge is 2.03. The summed E-state index contributed by atoms with van der Waals surface area (Å²) < 4.78 is 10.6. The minimum absolute atomic E-state index is 0.178. The lowest BCUT2D eigenvalue weighted by Crippen LogP contribution is -2.05. The van der Waals surface area contributed by atoms with Crippen LogP contribution in [-0.4, -0.2) is 6.10 Å². The van der Waals surface area contributed by atoms with E-state index < -0.39 is 0 Å². The van der Waals surface area contributed by atoms with Crippen LogP contribution < -0.4 is 7.80 Å². The van der Waals surface area contributed by atoms with E-state index in [2.05, 4.69) is 0 Å². The maximum absolute atomic E-state index is 5.51. The molecule has 3 heteroatoms. The number of hydrogen-bond donors (Lipinski definition) is 0. The first-order valence-electron chi connectivity index (χ1n) is 3.78. The molecule has 1 aromatic carbocycles. The predicted octanol–water partition coefficient (Wildman–Crippen LogP) is 3.20. The summed E-state index contributed by atoms with van der Waals surface area (Å²) in [6.45, 7) is 3.98. The van der Waals surface area contributed by atoms with Crippen molar-refractivity contribution in [3.63, 3.8) is 0 Å². The maximum atomic E-state index is 5.51. The fraction of sp³-hybridized carbons (Fsp3) is 0.333. The van der Waals surface area contributed by atoms with Crippen molar-refractivity contribution in [2.24, 2.45) is 0 Å². The molecule has 1 aromatic rings. The van der Waals surface area contributed by atoms with E-state index in [0.717, 1.165) is 11.5 Å². The normalized spacial score (nSPS) is 10.0. The number of benzene rings is 1. The summed E-state index contributed by atoms with van der Waals surface area (Å²) >= 11 is 1.85. The smallest absolute Gasteiger partial charge is 0.192 e. The molecular formula is C9H11IO2. The van der Waals surface area contributed by atoms with Crippen LogP contribution in [0.2, 0.25) is 0 Å². The number of hydrogen-bond acceptors (Lipinski definition) is 2. The Kier molecular flexibility index (Phi) is 3.65.